The van der Waals surface area contributed by atoms with Crippen molar-refractivity contribution in [2.75, 3.05) is 5.73 Å². The predicted octanol–water partition coefficient (Wildman–Crippen LogP) is 1.61. The Bertz CT molecular complexity index is 625. The predicted molar refractivity (Wildman–Crippen MR) is 63.0 cm³/mol. The highest BCUT2D eigenvalue weighted by molar-refractivity contribution is 5.91. The summed E-state index contributed by atoms with van der Waals surface area (Å²) in [5.41, 5.74) is 6.83. The molecule has 0 amide bonds. The zero-order valence-electron chi connectivity index (χ0n) is 9.30. The van der Waals surface area contributed by atoms with Gasteiger partial charge in [0.15, 0.2) is 6.29 Å². The van der Waals surface area contributed by atoms with Gasteiger partial charge in [0.1, 0.15) is 23.9 Å². The molecule has 2 aromatic rings. The molecule has 2 N–H and O–H groups in total. The minimum Gasteiger partial charge on any atom is -0.383 e. The Morgan fingerprint density at radius 3 is 2.67 bits per heavy atom. The number of nitriles is 1. The quantitative estimate of drug-likeness (QED) is 0.831. The molecule has 0 aliphatic rings. The summed E-state index contributed by atoms with van der Waals surface area (Å²) in [4.78, 5) is 11.0. The number of benzene rings is 1. The number of aromatic nitrogens is 2. The molecular formula is C12H9FN4O. The van der Waals surface area contributed by atoms with Crippen molar-refractivity contribution < 1.29 is 9.18 Å². The first-order valence-corrected chi connectivity index (χ1v) is 5.11. The minimum absolute atomic E-state index is 0.0477. The van der Waals surface area contributed by atoms with Crippen LogP contribution in [0.3, 0.4) is 0 Å². The van der Waals surface area contributed by atoms with E-state index in [0.717, 1.165) is 0 Å². The third-order valence-electron chi connectivity index (χ3n) is 2.49. The Morgan fingerprint density at radius 2 is 2.11 bits per heavy atom. The van der Waals surface area contributed by atoms with Crippen LogP contribution >= 0.6 is 0 Å². The molecule has 0 unspecified atom stereocenters. The highest BCUT2D eigenvalue weighted by Crippen LogP contribution is 2.25. The highest BCUT2D eigenvalue weighted by atomic mass is 19.1. The first-order valence-electron chi connectivity index (χ1n) is 5.11. The number of hydrogen-bond acceptors (Lipinski definition) is 4. The molecule has 1 heterocycles. The third kappa shape index (κ3) is 1.94. The van der Waals surface area contributed by atoms with E-state index in [0.29, 0.717) is 17.5 Å². The van der Waals surface area contributed by atoms with Gasteiger partial charge in [-0.2, -0.15) is 10.4 Å². The molecule has 0 saturated heterocycles. The Morgan fingerprint density at radius 1 is 1.44 bits per heavy atom. The van der Waals surface area contributed by atoms with E-state index in [1.54, 1.807) is 0 Å². The molecular weight excluding hydrogens is 235 g/mol. The normalized spacial score (nSPS) is 10.0. The minimum atomic E-state index is -0.379. The standard InChI is InChI=1S/C12H9FN4O/c13-9-3-1-8(2-4-9)11-10(7-18)12(15)17(16-11)6-5-14/h1-4,7H,6,15H2. The van der Waals surface area contributed by atoms with Crippen molar-refractivity contribution in [1.82, 2.24) is 9.78 Å². The summed E-state index contributed by atoms with van der Waals surface area (Å²) in [6.07, 6.45) is 0.578. The van der Waals surface area contributed by atoms with Gasteiger partial charge in [-0.15, -0.1) is 0 Å². The Kier molecular flexibility index (Phi) is 3.06. The topological polar surface area (TPSA) is 84.7 Å². The molecule has 18 heavy (non-hydrogen) atoms. The molecule has 2 rings (SSSR count). The van der Waals surface area contributed by atoms with E-state index >= 15 is 0 Å². The van der Waals surface area contributed by atoms with Crippen molar-refractivity contribution in [3.63, 3.8) is 0 Å². The van der Waals surface area contributed by atoms with Gasteiger partial charge in [-0.05, 0) is 24.3 Å². The summed E-state index contributed by atoms with van der Waals surface area (Å²) in [5, 5.41) is 12.7. The number of nitrogens with zero attached hydrogens (tertiary/aromatic N) is 3. The largest absolute Gasteiger partial charge is 0.383 e. The number of nitrogens with two attached hydrogens (primary N) is 1. The number of carbonyl (C=O) groups excluding carboxylic acids is 1. The molecule has 0 bridgehead atoms. The lowest BCUT2D eigenvalue weighted by Crippen LogP contribution is -2.03. The lowest BCUT2D eigenvalue weighted by molar-refractivity contribution is 0.112. The van der Waals surface area contributed by atoms with Crippen LogP contribution in [-0.4, -0.2) is 16.1 Å². The zero-order valence-corrected chi connectivity index (χ0v) is 9.30. The molecule has 1 aromatic heterocycles. The van der Waals surface area contributed by atoms with Crippen LogP contribution in [0.5, 0.6) is 0 Å². The van der Waals surface area contributed by atoms with Crippen molar-refractivity contribution in [2.45, 2.75) is 6.54 Å². The number of anilines is 1. The van der Waals surface area contributed by atoms with E-state index in [4.69, 9.17) is 11.0 Å². The van der Waals surface area contributed by atoms with Crippen LogP contribution in [0.1, 0.15) is 10.4 Å². The summed E-state index contributed by atoms with van der Waals surface area (Å²) in [6.45, 7) is -0.0477. The van der Waals surface area contributed by atoms with E-state index in [-0.39, 0.29) is 23.7 Å². The molecule has 0 saturated carbocycles. The Balaban J connectivity index is 2.57. The summed E-state index contributed by atoms with van der Waals surface area (Å²) >= 11 is 0. The molecule has 5 nitrogen and oxygen atoms in total. The van der Waals surface area contributed by atoms with E-state index < -0.39 is 0 Å². The number of aldehydes is 1. The lowest BCUT2D eigenvalue weighted by Gasteiger charge is -1.97. The van der Waals surface area contributed by atoms with Crippen molar-refractivity contribution in [1.29, 1.82) is 5.26 Å². The third-order valence-corrected chi connectivity index (χ3v) is 2.49. The van der Waals surface area contributed by atoms with Gasteiger partial charge >= 0.3 is 0 Å². The number of halogens is 1. The Labute approximate surface area is 102 Å². The number of nitrogen functional groups attached to an aromatic ring is 1. The van der Waals surface area contributed by atoms with Crippen molar-refractivity contribution in [2.24, 2.45) is 0 Å². The maximum absolute atomic E-state index is 12.8. The van der Waals surface area contributed by atoms with Crippen molar-refractivity contribution >= 4 is 12.1 Å². The molecule has 0 spiro atoms. The van der Waals surface area contributed by atoms with Crippen LogP contribution < -0.4 is 5.73 Å². The Hall–Kier alpha value is -2.68. The molecule has 6 heteroatoms. The second kappa shape index (κ2) is 4.67. The van der Waals surface area contributed by atoms with Gasteiger partial charge in [-0.1, -0.05) is 0 Å². The van der Waals surface area contributed by atoms with Crippen LogP contribution in [0, 0.1) is 17.1 Å². The van der Waals surface area contributed by atoms with Gasteiger partial charge in [0, 0.05) is 5.56 Å². The fourth-order valence-corrected chi connectivity index (χ4v) is 1.61. The lowest BCUT2D eigenvalue weighted by atomic mass is 10.1. The molecule has 0 aliphatic carbocycles. The van der Waals surface area contributed by atoms with Gasteiger partial charge < -0.3 is 5.73 Å². The maximum Gasteiger partial charge on any atom is 0.156 e. The average Bonchev–Trinajstić information content (AvgIpc) is 2.68. The molecule has 0 radical (unpaired) electrons. The van der Waals surface area contributed by atoms with Crippen LogP contribution in [0.15, 0.2) is 24.3 Å². The SMILES string of the molecule is N#CCn1nc(-c2ccc(F)cc2)c(C=O)c1N. The number of hydrogen-bond donors (Lipinski definition) is 1. The summed E-state index contributed by atoms with van der Waals surface area (Å²) in [6, 6.07) is 7.43. The van der Waals surface area contributed by atoms with E-state index in [1.807, 2.05) is 6.07 Å². The van der Waals surface area contributed by atoms with Gasteiger partial charge in [0.2, 0.25) is 0 Å². The number of rotatable bonds is 3. The zero-order chi connectivity index (χ0) is 13.1. The van der Waals surface area contributed by atoms with E-state index in [9.17, 15) is 9.18 Å². The van der Waals surface area contributed by atoms with Crippen molar-refractivity contribution in [3.05, 3.63) is 35.6 Å². The van der Waals surface area contributed by atoms with Gasteiger partial charge in [0.25, 0.3) is 0 Å². The monoisotopic (exact) mass is 244 g/mol. The fraction of sp³-hybridized carbons (Fsp3) is 0.0833. The van der Waals surface area contributed by atoms with Gasteiger partial charge in [0.05, 0.1) is 11.6 Å². The van der Waals surface area contributed by atoms with Crippen molar-refractivity contribution in [3.8, 4) is 17.3 Å². The molecule has 1 aromatic carbocycles. The summed E-state index contributed by atoms with van der Waals surface area (Å²) < 4.78 is 14.1. The second-order valence-corrected chi connectivity index (χ2v) is 3.59. The first kappa shape index (κ1) is 11.8. The molecule has 90 valence electrons. The average molecular weight is 244 g/mol. The maximum atomic E-state index is 12.8. The summed E-state index contributed by atoms with van der Waals surface area (Å²) in [7, 11) is 0. The fourth-order valence-electron chi connectivity index (χ4n) is 1.61. The van der Waals surface area contributed by atoms with Crippen LogP contribution in [0.4, 0.5) is 10.2 Å². The smallest absolute Gasteiger partial charge is 0.156 e. The van der Waals surface area contributed by atoms with E-state index in [2.05, 4.69) is 5.10 Å². The van der Waals surface area contributed by atoms with Crippen LogP contribution in [-0.2, 0) is 6.54 Å². The number of carbonyl (C=O) groups is 1. The molecule has 0 atom stereocenters. The van der Waals surface area contributed by atoms with Gasteiger partial charge in [-0.3, -0.25) is 4.79 Å². The first-order chi connectivity index (χ1) is 8.67. The molecule has 0 aliphatic heterocycles. The highest BCUT2D eigenvalue weighted by Gasteiger charge is 2.16. The second-order valence-electron chi connectivity index (χ2n) is 3.59. The van der Waals surface area contributed by atoms with E-state index in [1.165, 1.54) is 28.9 Å². The summed E-state index contributed by atoms with van der Waals surface area (Å²) in [5.74, 6) is -0.248. The molecule has 0 fully saturated rings. The van der Waals surface area contributed by atoms with Crippen LogP contribution in [0.2, 0.25) is 0 Å². The van der Waals surface area contributed by atoms with Gasteiger partial charge in [-0.25, -0.2) is 9.07 Å². The van der Waals surface area contributed by atoms with Crippen LogP contribution in [0.25, 0.3) is 11.3 Å².